The lowest BCUT2D eigenvalue weighted by atomic mass is 10.1. The van der Waals surface area contributed by atoms with E-state index in [1.165, 1.54) is 21.5 Å². The Morgan fingerprint density at radius 2 is 2.29 bits per heavy atom. The molecular weight excluding hydrogens is 262 g/mol. The number of hydrogen-bond donors (Lipinski definition) is 2. The Hall–Kier alpha value is 0.1000. The van der Waals surface area contributed by atoms with E-state index in [1.807, 2.05) is 0 Å². The Kier molecular flexibility index (Phi) is 3.27. The van der Waals surface area contributed by atoms with Gasteiger partial charge >= 0.3 is 0 Å². The zero-order valence-electron chi connectivity index (χ0n) is 7.92. The van der Waals surface area contributed by atoms with Crippen LogP contribution in [0.15, 0.2) is 15.9 Å². The van der Waals surface area contributed by atoms with Crippen molar-refractivity contribution in [3.8, 4) is 0 Å². The molecule has 1 saturated carbocycles. The molecule has 14 heavy (non-hydrogen) atoms. The zero-order valence-corrected chi connectivity index (χ0v) is 10.3. The standard InChI is InChI=1S/C10H14BrNOS/c11-9-2-1-8(14-9)5-12-6-10(7-13)3-4-10/h1-2,12-13H,3-7H2. The summed E-state index contributed by atoms with van der Waals surface area (Å²) in [7, 11) is 0. The highest BCUT2D eigenvalue weighted by Crippen LogP contribution is 2.44. The van der Waals surface area contributed by atoms with Crippen LogP contribution >= 0.6 is 27.3 Å². The van der Waals surface area contributed by atoms with E-state index >= 15 is 0 Å². The molecule has 1 fully saturated rings. The molecule has 2 rings (SSSR count). The van der Waals surface area contributed by atoms with Crippen LogP contribution in [0.5, 0.6) is 0 Å². The van der Waals surface area contributed by atoms with Gasteiger partial charge in [0, 0.05) is 30.0 Å². The molecule has 0 amide bonds. The molecule has 2 N–H and O–H groups in total. The maximum absolute atomic E-state index is 9.11. The first kappa shape index (κ1) is 10.6. The molecule has 0 bridgehead atoms. The number of halogens is 1. The van der Waals surface area contributed by atoms with Crippen LogP contribution in [0, 0.1) is 5.41 Å². The predicted octanol–water partition coefficient (Wildman–Crippen LogP) is 2.37. The quantitative estimate of drug-likeness (QED) is 0.865. The normalized spacial score (nSPS) is 18.4. The minimum atomic E-state index is 0.217. The predicted molar refractivity (Wildman–Crippen MR) is 62.5 cm³/mol. The van der Waals surface area contributed by atoms with E-state index in [4.69, 9.17) is 5.11 Å². The van der Waals surface area contributed by atoms with E-state index in [1.54, 1.807) is 11.3 Å². The zero-order chi connectivity index (χ0) is 10.0. The van der Waals surface area contributed by atoms with Crippen LogP contribution in [-0.4, -0.2) is 18.3 Å². The van der Waals surface area contributed by atoms with Crippen molar-refractivity contribution < 1.29 is 5.11 Å². The lowest BCUT2D eigenvalue weighted by molar-refractivity contribution is 0.207. The Morgan fingerprint density at radius 1 is 1.50 bits per heavy atom. The highest BCUT2D eigenvalue weighted by Gasteiger charge is 2.41. The molecule has 1 heterocycles. The maximum atomic E-state index is 9.11. The molecule has 0 radical (unpaired) electrons. The van der Waals surface area contributed by atoms with Crippen LogP contribution in [0.1, 0.15) is 17.7 Å². The van der Waals surface area contributed by atoms with Gasteiger partial charge in [0.2, 0.25) is 0 Å². The molecule has 0 spiro atoms. The summed E-state index contributed by atoms with van der Waals surface area (Å²) in [6, 6.07) is 4.20. The van der Waals surface area contributed by atoms with Gasteiger partial charge in [-0.1, -0.05) is 0 Å². The number of hydrogen-bond acceptors (Lipinski definition) is 3. The van der Waals surface area contributed by atoms with E-state index in [9.17, 15) is 0 Å². The summed E-state index contributed by atoms with van der Waals surface area (Å²) in [6.45, 7) is 2.19. The van der Waals surface area contributed by atoms with Gasteiger partial charge in [0.15, 0.2) is 0 Å². The summed E-state index contributed by atoms with van der Waals surface area (Å²) in [5.41, 5.74) is 0.217. The first-order chi connectivity index (χ1) is 6.74. The largest absolute Gasteiger partial charge is 0.396 e. The fourth-order valence-corrected chi connectivity index (χ4v) is 2.92. The summed E-state index contributed by atoms with van der Waals surface area (Å²) in [4.78, 5) is 1.34. The van der Waals surface area contributed by atoms with Crippen LogP contribution in [0.4, 0.5) is 0 Å². The molecule has 1 aromatic rings. The Bertz CT molecular complexity index is 309. The number of nitrogens with one attached hydrogen (secondary N) is 1. The molecule has 0 saturated heterocycles. The first-order valence-corrected chi connectivity index (χ1v) is 6.41. The van der Waals surface area contributed by atoms with Gasteiger partial charge < -0.3 is 10.4 Å². The summed E-state index contributed by atoms with van der Waals surface area (Å²) >= 11 is 5.20. The molecule has 78 valence electrons. The summed E-state index contributed by atoms with van der Waals surface area (Å²) in [5.74, 6) is 0. The number of aliphatic hydroxyl groups excluding tert-OH is 1. The molecule has 0 aliphatic heterocycles. The molecule has 4 heteroatoms. The van der Waals surface area contributed by atoms with Crippen molar-refractivity contribution in [3.05, 3.63) is 20.8 Å². The Labute approximate surface area is 96.5 Å². The average molecular weight is 276 g/mol. The first-order valence-electron chi connectivity index (χ1n) is 4.80. The number of thiophene rings is 1. The van der Waals surface area contributed by atoms with Gasteiger partial charge in [-0.15, -0.1) is 11.3 Å². The lowest BCUT2D eigenvalue weighted by Crippen LogP contribution is -2.25. The van der Waals surface area contributed by atoms with Crippen LogP contribution in [0.3, 0.4) is 0 Å². The summed E-state index contributed by atoms with van der Waals surface area (Å²) < 4.78 is 1.18. The molecule has 1 aliphatic rings. The molecule has 0 aromatic carbocycles. The molecule has 2 nitrogen and oxygen atoms in total. The topological polar surface area (TPSA) is 32.3 Å². The highest BCUT2D eigenvalue weighted by atomic mass is 79.9. The van der Waals surface area contributed by atoms with Gasteiger partial charge in [0.05, 0.1) is 3.79 Å². The van der Waals surface area contributed by atoms with Crippen LogP contribution in [-0.2, 0) is 6.54 Å². The van der Waals surface area contributed by atoms with Crippen molar-refractivity contribution in [1.82, 2.24) is 5.32 Å². The maximum Gasteiger partial charge on any atom is 0.0701 e. The van der Waals surface area contributed by atoms with Gasteiger partial charge in [-0.3, -0.25) is 0 Å². The van der Waals surface area contributed by atoms with Crippen molar-refractivity contribution in [2.24, 2.45) is 5.41 Å². The fourth-order valence-electron chi connectivity index (χ4n) is 1.47. The second-order valence-corrected chi connectivity index (χ2v) is 6.52. The minimum absolute atomic E-state index is 0.217. The van der Waals surface area contributed by atoms with Gasteiger partial charge in [-0.2, -0.15) is 0 Å². The number of rotatable bonds is 5. The van der Waals surface area contributed by atoms with Crippen molar-refractivity contribution in [1.29, 1.82) is 0 Å². The smallest absolute Gasteiger partial charge is 0.0701 e. The van der Waals surface area contributed by atoms with E-state index in [0.717, 1.165) is 13.1 Å². The molecule has 1 aliphatic carbocycles. The van der Waals surface area contributed by atoms with Gasteiger partial charge in [0.25, 0.3) is 0 Å². The Morgan fingerprint density at radius 3 is 2.79 bits per heavy atom. The minimum Gasteiger partial charge on any atom is -0.396 e. The van der Waals surface area contributed by atoms with Crippen molar-refractivity contribution in [2.75, 3.05) is 13.2 Å². The second kappa shape index (κ2) is 4.31. The van der Waals surface area contributed by atoms with Crippen LogP contribution in [0.2, 0.25) is 0 Å². The van der Waals surface area contributed by atoms with Crippen LogP contribution < -0.4 is 5.32 Å². The lowest BCUT2D eigenvalue weighted by Gasteiger charge is -2.11. The van der Waals surface area contributed by atoms with E-state index < -0.39 is 0 Å². The monoisotopic (exact) mass is 275 g/mol. The molecule has 0 unspecified atom stereocenters. The van der Waals surface area contributed by atoms with E-state index in [0.29, 0.717) is 6.61 Å². The van der Waals surface area contributed by atoms with Crippen molar-refractivity contribution in [3.63, 3.8) is 0 Å². The molecular formula is C10H14BrNOS. The van der Waals surface area contributed by atoms with E-state index in [2.05, 4.69) is 33.4 Å². The fraction of sp³-hybridized carbons (Fsp3) is 0.600. The highest BCUT2D eigenvalue weighted by molar-refractivity contribution is 9.11. The summed E-state index contributed by atoms with van der Waals surface area (Å²) in [5, 5.41) is 12.5. The van der Waals surface area contributed by atoms with Crippen LogP contribution in [0.25, 0.3) is 0 Å². The van der Waals surface area contributed by atoms with Gasteiger partial charge in [-0.05, 0) is 40.9 Å². The van der Waals surface area contributed by atoms with Gasteiger partial charge in [-0.25, -0.2) is 0 Å². The van der Waals surface area contributed by atoms with Gasteiger partial charge in [0.1, 0.15) is 0 Å². The SMILES string of the molecule is OCC1(CNCc2ccc(Br)s2)CC1. The summed E-state index contributed by atoms with van der Waals surface area (Å²) in [6.07, 6.45) is 2.34. The Balaban J connectivity index is 1.73. The third kappa shape index (κ3) is 2.57. The van der Waals surface area contributed by atoms with Crippen molar-refractivity contribution in [2.45, 2.75) is 19.4 Å². The second-order valence-electron chi connectivity index (χ2n) is 3.97. The third-order valence-corrected chi connectivity index (χ3v) is 4.34. The molecule has 0 atom stereocenters. The van der Waals surface area contributed by atoms with E-state index in [-0.39, 0.29) is 5.41 Å². The third-order valence-electron chi connectivity index (χ3n) is 2.72. The molecule has 1 aromatic heterocycles. The number of aliphatic hydroxyl groups is 1. The average Bonchev–Trinajstić information content (AvgIpc) is 2.84. The van der Waals surface area contributed by atoms with Crippen molar-refractivity contribution >= 4 is 27.3 Å².